The van der Waals surface area contributed by atoms with Crippen LogP contribution in [0.3, 0.4) is 0 Å². The van der Waals surface area contributed by atoms with Gasteiger partial charge in [-0.1, -0.05) is 12.1 Å². The number of rotatable bonds is 5. The van der Waals surface area contributed by atoms with Crippen LogP contribution in [0.25, 0.3) is 0 Å². The molecule has 5 rings (SSSR count). The summed E-state index contributed by atoms with van der Waals surface area (Å²) < 4.78 is 4.74. The number of nitrogens with one attached hydrogen (secondary N) is 1. The van der Waals surface area contributed by atoms with Crippen LogP contribution in [-0.2, 0) is 19.7 Å². The first-order valence-electron chi connectivity index (χ1n) is 9.91. The molecule has 5 atom stereocenters. The zero-order chi connectivity index (χ0) is 20.1. The third-order valence-electron chi connectivity index (χ3n) is 7.14. The van der Waals surface area contributed by atoms with E-state index in [2.05, 4.69) is 5.32 Å². The molecule has 4 aliphatic carbocycles. The Bertz CT molecular complexity index is 805. The van der Waals surface area contributed by atoms with Crippen molar-refractivity contribution in [1.29, 1.82) is 0 Å². The van der Waals surface area contributed by atoms with Gasteiger partial charge >= 0.3 is 5.97 Å². The number of hydrogen-bond acceptors (Lipinski definition) is 5. The predicted molar refractivity (Wildman–Crippen MR) is 102 cm³/mol. The van der Waals surface area contributed by atoms with Crippen molar-refractivity contribution in [2.75, 3.05) is 7.11 Å². The number of non-ortho nitro benzene ring substituents is 1. The average molecular weight is 386 g/mol. The van der Waals surface area contributed by atoms with E-state index in [1.807, 2.05) is 12.1 Å². The Morgan fingerprint density at radius 3 is 2.32 bits per heavy atom. The number of benzene rings is 1. The topological polar surface area (TPSA) is 98.5 Å². The summed E-state index contributed by atoms with van der Waals surface area (Å²) in [5.74, 6) is 0.472. The van der Waals surface area contributed by atoms with E-state index in [-0.39, 0.29) is 21.9 Å². The van der Waals surface area contributed by atoms with Gasteiger partial charge < -0.3 is 10.1 Å². The number of nitrogens with zero attached hydrogens (tertiary/aromatic N) is 1. The fourth-order valence-corrected chi connectivity index (χ4v) is 6.39. The summed E-state index contributed by atoms with van der Waals surface area (Å²) in [6.45, 7) is 1.65. The maximum atomic E-state index is 13.2. The van der Waals surface area contributed by atoms with Crippen LogP contribution in [0.1, 0.15) is 51.0 Å². The van der Waals surface area contributed by atoms with Crippen molar-refractivity contribution in [1.82, 2.24) is 5.32 Å². The zero-order valence-corrected chi connectivity index (χ0v) is 16.3. The van der Waals surface area contributed by atoms with Crippen molar-refractivity contribution in [3.8, 4) is 0 Å². The van der Waals surface area contributed by atoms with Crippen molar-refractivity contribution in [2.24, 2.45) is 17.3 Å². The third-order valence-corrected chi connectivity index (χ3v) is 7.14. The second-order valence-corrected chi connectivity index (χ2v) is 9.04. The van der Waals surface area contributed by atoms with Crippen molar-refractivity contribution in [2.45, 2.75) is 56.9 Å². The number of amides is 1. The van der Waals surface area contributed by atoms with Gasteiger partial charge in [0.15, 0.2) is 0 Å². The lowest BCUT2D eigenvalue weighted by atomic mass is 9.42. The molecule has 0 spiro atoms. The van der Waals surface area contributed by atoms with Crippen molar-refractivity contribution in [3.63, 3.8) is 0 Å². The lowest BCUT2D eigenvalue weighted by molar-refractivity contribution is -0.384. The Labute approximate surface area is 164 Å². The highest BCUT2D eigenvalue weighted by atomic mass is 16.6. The van der Waals surface area contributed by atoms with Gasteiger partial charge in [-0.25, -0.2) is 4.79 Å². The Morgan fingerprint density at radius 2 is 1.79 bits per heavy atom. The second-order valence-electron chi connectivity index (χ2n) is 9.04. The Balaban J connectivity index is 1.62. The average Bonchev–Trinajstić information content (AvgIpc) is 2.66. The molecule has 2 unspecified atom stereocenters. The molecule has 0 aromatic heterocycles. The van der Waals surface area contributed by atoms with E-state index in [0.717, 1.165) is 44.1 Å². The SMILES string of the molecule is COC(=O)[C@@H](C)NC(=O)C12C[C@H]3C[C@@H](C1)CC(c1ccc([N+](=O)[O-])cc1)(C3)C2. The molecule has 150 valence electrons. The monoisotopic (exact) mass is 386 g/mol. The molecule has 4 saturated carbocycles. The standard InChI is InChI=1S/C21H26N2O5/c1-13(18(24)28-2)22-19(25)21-10-14-7-15(11-21)9-20(8-14,12-21)16-3-5-17(6-4-16)23(26)27/h3-6,13-15H,7-12H2,1-2H3,(H,22,25)/t13-,14-,15+,20?,21?/m1/s1. The number of ether oxygens (including phenoxy) is 1. The zero-order valence-electron chi connectivity index (χ0n) is 16.3. The van der Waals surface area contributed by atoms with E-state index in [4.69, 9.17) is 4.74 Å². The maximum absolute atomic E-state index is 13.2. The minimum Gasteiger partial charge on any atom is -0.467 e. The minimum atomic E-state index is -0.666. The molecule has 1 N–H and O–H groups in total. The fraction of sp³-hybridized carbons (Fsp3) is 0.619. The molecular formula is C21H26N2O5. The Morgan fingerprint density at radius 1 is 1.18 bits per heavy atom. The van der Waals surface area contributed by atoms with E-state index < -0.39 is 17.4 Å². The molecule has 1 aromatic rings. The van der Waals surface area contributed by atoms with Gasteiger partial charge in [0.1, 0.15) is 6.04 Å². The van der Waals surface area contributed by atoms with Gasteiger partial charge in [-0.05, 0) is 68.3 Å². The first kappa shape index (κ1) is 18.9. The number of nitro benzene ring substituents is 1. The van der Waals surface area contributed by atoms with Crippen LogP contribution in [-0.4, -0.2) is 30.0 Å². The summed E-state index contributed by atoms with van der Waals surface area (Å²) in [6, 6.07) is 6.21. The first-order valence-corrected chi connectivity index (χ1v) is 9.91. The smallest absolute Gasteiger partial charge is 0.328 e. The van der Waals surface area contributed by atoms with E-state index in [1.165, 1.54) is 7.11 Å². The van der Waals surface area contributed by atoms with Gasteiger partial charge in [0, 0.05) is 12.1 Å². The molecule has 0 heterocycles. The molecular weight excluding hydrogens is 360 g/mol. The molecule has 1 amide bonds. The van der Waals surface area contributed by atoms with E-state index >= 15 is 0 Å². The molecule has 4 fully saturated rings. The number of nitro groups is 1. The largest absolute Gasteiger partial charge is 0.467 e. The Kier molecular flexibility index (Phi) is 4.43. The van der Waals surface area contributed by atoms with Gasteiger partial charge in [0.2, 0.25) is 5.91 Å². The highest BCUT2D eigenvalue weighted by Gasteiger charge is 2.61. The van der Waals surface area contributed by atoms with Gasteiger partial charge in [-0.2, -0.15) is 0 Å². The molecule has 4 bridgehead atoms. The lowest BCUT2D eigenvalue weighted by Gasteiger charge is -2.61. The minimum absolute atomic E-state index is 0.0502. The molecule has 1 aromatic carbocycles. The van der Waals surface area contributed by atoms with E-state index in [0.29, 0.717) is 11.8 Å². The Hall–Kier alpha value is -2.44. The summed E-state index contributed by atoms with van der Waals surface area (Å²) in [5, 5.41) is 13.9. The number of hydrogen-bond donors (Lipinski definition) is 1. The van der Waals surface area contributed by atoms with Crippen LogP contribution in [0.5, 0.6) is 0 Å². The summed E-state index contributed by atoms with van der Waals surface area (Å²) in [6.07, 6.45) is 5.67. The van der Waals surface area contributed by atoms with Crippen molar-refractivity contribution in [3.05, 3.63) is 39.9 Å². The fourth-order valence-electron chi connectivity index (χ4n) is 6.39. The van der Waals surface area contributed by atoms with Gasteiger partial charge in [0.25, 0.3) is 5.69 Å². The van der Waals surface area contributed by atoms with E-state index in [1.54, 1.807) is 19.1 Å². The number of methoxy groups -OCH3 is 1. The van der Waals surface area contributed by atoms with Crippen LogP contribution in [0, 0.1) is 27.4 Å². The van der Waals surface area contributed by atoms with Gasteiger partial charge in [0.05, 0.1) is 17.4 Å². The molecule has 28 heavy (non-hydrogen) atoms. The molecule has 7 heteroatoms. The molecule has 0 aliphatic heterocycles. The quantitative estimate of drug-likeness (QED) is 0.476. The maximum Gasteiger partial charge on any atom is 0.328 e. The van der Waals surface area contributed by atoms with Crippen LogP contribution in [0.2, 0.25) is 0 Å². The summed E-state index contributed by atoms with van der Waals surface area (Å²) in [5.41, 5.74) is 0.623. The highest BCUT2D eigenvalue weighted by Crippen LogP contribution is 2.65. The summed E-state index contributed by atoms with van der Waals surface area (Å²) in [7, 11) is 1.32. The van der Waals surface area contributed by atoms with Crippen molar-refractivity contribution < 1.29 is 19.2 Å². The summed E-state index contributed by atoms with van der Waals surface area (Å²) in [4.78, 5) is 35.6. The number of esters is 1. The second kappa shape index (κ2) is 6.57. The predicted octanol–water partition coefficient (Wildman–Crippen LogP) is 3.11. The third kappa shape index (κ3) is 2.97. The van der Waals surface area contributed by atoms with Crippen LogP contribution >= 0.6 is 0 Å². The van der Waals surface area contributed by atoms with Crippen molar-refractivity contribution >= 4 is 17.6 Å². The normalized spacial score (nSPS) is 33.9. The van der Waals surface area contributed by atoms with Gasteiger partial charge in [-0.3, -0.25) is 14.9 Å². The van der Waals surface area contributed by atoms with Crippen LogP contribution in [0.15, 0.2) is 24.3 Å². The molecule has 0 radical (unpaired) electrons. The lowest BCUT2D eigenvalue weighted by Crippen LogP contribution is -2.60. The van der Waals surface area contributed by atoms with Crippen LogP contribution in [0.4, 0.5) is 5.69 Å². The highest BCUT2D eigenvalue weighted by molar-refractivity contribution is 5.88. The summed E-state index contributed by atoms with van der Waals surface area (Å²) >= 11 is 0. The molecule has 0 saturated heterocycles. The van der Waals surface area contributed by atoms with Crippen LogP contribution < -0.4 is 5.32 Å². The number of carbonyl (C=O) groups is 2. The van der Waals surface area contributed by atoms with E-state index in [9.17, 15) is 19.7 Å². The van der Waals surface area contributed by atoms with Gasteiger partial charge in [-0.15, -0.1) is 0 Å². The number of carbonyl (C=O) groups excluding carboxylic acids is 2. The molecule has 4 aliphatic rings. The molecule has 7 nitrogen and oxygen atoms in total. The first-order chi connectivity index (χ1) is 13.3.